The average Bonchev–Trinajstić information content (AvgIpc) is 1.85. The van der Waals surface area contributed by atoms with E-state index in [-0.39, 0.29) is 12.0 Å². The second kappa shape index (κ2) is 1.78. The van der Waals surface area contributed by atoms with Gasteiger partial charge in [-0.1, -0.05) is 6.92 Å². The van der Waals surface area contributed by atoms with E-state index in [2.05, 4.69) is 0 Å². The molecule has 8 heavy (non-hydrogen) atoms. The minimum atomic E-state index is -0.352. The first-order valence-corrected chi connectivity index (χ1v) is 2.78. The van der Waals surface area contributed by atoms with Gasteiger partial charge in [0, 0.05) is 12.3 Å². The van der Waals surface area contributed by atoms with Crippen LogP contribution in [0.25, 0.3) is 0 Å². The van der Waals surface area contributed by atoms with E-state index in [0.717, 1.165) is 0 Å². The predicted molar refractivity (Wildman–Crippen MR) is 30.5 cm³/mol. The van der Waals surface area contributed by atoms with E-state index in [4.69, 9.17) is 10.2 Å². The summed E-state index contributed by atoms with van der Waals surface area (Å²) in [5.74, 6) is 0.458. The SMILES string of the molecule is CC1C=C(O)CC1O. The molecular weight excluding hydrogens is 104 g/mol. The molecule has 1 aliphatic carbocycles. The van der Waals surface area contributed by atoms with Gasteiger partial charge in [0.25, 0.3) is 0 Å². The zero-order valence-corrected chi connectivity index (χ0v) is 4.83. The lowest BCUT2D eigenvalue weighted by Gasteiger charge is -2.03. The monoisotopic (exact) mass is 114 g/mol. The van der Waals surface area contributed by atoms with Gasteiger partial charge in [-0.3, -0.25) is 0 Å². The Balaban J connectivity index is 2.56. The van der Waals surface area contributed by atoms with Gasteiger partial charge in [-0.2, -0.15) is 0 Å². The maximum Gasteiger partial charge on any atom is 0.0912 e. The third kappa shape index (κ3) is 0.842. The van der Waals surface area contributed by atoms with Gasteiger partial charge in [-0.15, -0.1) is 0 Å². The highest BCUT2D eigenvalue weighted by Crippen LogP contribution is 2.21. The van der Waals surface area contributed by atoms with Crippen LogP contribution in [0.15, 0.2) is 11.8 Å². The summed E-state index contributed by atoms with van der Waals surface area (Å²) in [6.45, 7) is 1.88. The second-order valence-corrected chi connectivity index (χ2v) is 2.29. The molecule has 0 amide bonds. The summed E-state index contributed by atoms with van der Waals surface area (Å²) >= 11 is 0. The van der Waals surface area contributed by atoms with Crippen molar-refractivity contribution >= 4 is 0 Å². The first-order valence-electron chi connectivity index (χ1n) is 2.78. The molecule has 0 heterocycles. The molecule has 2 heteroatoms. The van der Waals surface area contributed by atoms with Gasteiger partial charge in [0.2, 0.25) is 0 Å². The van der Waals surface area contributed by atoms with Gasteiger partial charge in [-0.05, 0) is 6.08 Å². The molecule has 46 valence electrons. The van der Waals surface area contributed by atoms with E-state index in [1.807, 2.05) is 6.92 Å². The second-order valence-electron chi connectivity index (χ2n) is 2.29. The van der Waals surface area contributed by atoms with Crippen molar-refractivity contribution in [3.63, 3.8) is 0 Å². The van der Waals surface area contributed by atoms with Crippen LogP contribution in [0, 0.1) is 5.92 Å². The fraction of sp³-hybridized carbons (Fsp3) is 0.667. The van der Waals surface area contributed by atoms with Gasteiger partial charge in [0.1, 0.15) is 0 Å². The minimum Gasteiger partial charge on any atom is -0.513 e. The van der Waals surface area contributed by atoms with Crippen molar-refractivity contribution < 1.29 is 10.2 Å². The van der Waals surface area contributed by atoms with E-state index < -0.39 is 0 Å². The normalized spacial score (nSPS) is 37.5. The Bertz CT molecular complexity index is 118. The van der Waals surface area contributed by atoms with Crippen molar-refractivity contribution in [1.29, 1.82) is 0 Å². The molecule has 2 N–H and O–H groups in total. The highest BCUT2D eigenvalue weighted by molar-refractivity contribution is 5.05. The molecule has 0 fully saturated rings. The Labute approximate surface area is 48.5 Å². The van der Waals surface area contributed by atoms with Crippen molar-refractivity contribution in [2.75, 3.05) is 0 Å². The van der Waals surface area contributed by atoms with E-state index >= 15 is 0 Å². The molecule has 0 aliphatic heterocycles. The molecule has 0 aromatic carbocycles. The van der Waals surface area contributed by atoms with Gasteiger partial charge in [-0.25, -0.2) is 0 Å². The molecule has 0 saturated heterocycles. The molecule has 0 aromatic heterocycles. The van der Waals surface area contributed by atoms with Crippen molar-refractivity contribution in [3.8, 4) is 0 Å². The van der Waals surface area contributed by atoms with Crippen molar-refractivity contribution in [1.82, 2.24) is 0 Å². The number of rotatable bonds is 0. The van der Waals surface area contributed by atoms with Gasteiger partial charge >= 0.3 is 0 Å². The topological polar surface area (TPSA) is 40.5 Å². The summed E-state index contributed by atoms with van der Waals surface area (Å²) in [6.07, 6.45) is 1.77. The lowest BCUT2D eigenvalue weighted by molar-refractivity contribution is 0.142. The van der Waals surface area contributed by atoms with Crippen LogP contribution in [-0.4, -0.2) is 16.3 Å². The van der Waals surface area contributed by atoms with Crippen LogP contribution >= 0.6 is 0 Å². The lowest BCUT2D eigenvalue weighted by atomic mass is 10.1. The van der Waals surface area contributed by atoms with Crippen LogP contribution in [0.1, 0.15) is 13.3 Å². The van der Waals surface area contributed by atoms with Crippen LogP contribution in [0.5, 0.6) is 0 Å². The molecule has 0 radical (unpaired) electrons. The fourth-order valence-corrected chi connectivity index (χ4v) is 0.883. The van der Waals surface area contributed by atoms with Gasteiger partial charge in [0.05, 0.1) is 11.9 Å². The van der Waals surface area contributed by atoms with Crippen LogP contribution in [0.3, 0.4) is 0 Å². The largest absolute Gasteiger partial charge is 0.513 e. The van der Waals surface area contributed by atoms with Crippen LogP contribution in [0.4, 0.5) is 0 Å². The standard InChI is InChI=1S/C6H10O2/c1-4-2-5(7)3-6(4)8/h2,4,6-8H,3H2,1H3. The molecule has 1 rings (SSSR count). The predicted octanol–water partition coefficient (Wildman–Crippen LogP) is 0.829. The Hall–Kier alpha value is -0.500. The number of hydrogen-bond donors (Lipinski definition) is 2. The summed E-state index contributed by atoms with van der Waals surface area (Å²) in [7, 11) is 0. The van der Waals surface area contributed by atoms with Gasteiger partial charge in [0.15, 0.2) is 0 Å². The molecule has 1 aliphatic rings. The van der Waals surface area contributed by atoms with E-state index in [1.165, 1.54) is 0 Å². The Morgan fingerprint density at radius 3 is 2.50 bits per heavy atom. The van der Waals surface area contributed by atoms with E-state index in [0.29, 0.717) is 12.2 Å². The molecule has 2 atom stereocenters. The summed E-state index contributed by atoms with van der Waals surface area (Å²) in [5, 5.41) is 17.7. The molecule has 0 bridgehead atoms. The lowest BCUT2D eigenvalue weighted by Crippen LogP contribution is -2.08. The van der Waals surface area contributed by atoms with Crippen molar-refractivity contribution in [3.05, 3.63) is 11.8 Å². The molecule has 0 saturated carbocycles. The number of aliphatic hydroxyl groups excluding tert-OH is 2. The van der Waals surface area contributed by atoms with Crippen molar-refractivity contribution in [2.45, 2.75) is 19.4 Å². The smallest absolute Gasteiger partial charge is 0.0912 e. The van der Waals surface area contributed by atoms with Crippen LogP contribution in [0.2, 0.25) is 0 Å². The third-order valence-corrected chi connectivity index (χ3v) is 1.48. The highest BCUT2D eigenvalue weighted by Gasteiger charge is 2.20. The quantitative estimate of drug-likeness (QED) is 0.489. The zero-order valence-electron chi connectivity index (χ0n) is 4.83. The molecule has 2 unspecified atom stereocenters. The maximum atomic E-state index is 8.96. The summed E-state index contributed by atoms with van der Waals surface area (Å²) in [4.78, 5) is 0. The Kier molecular flexibility index (Phi) is 1.26. The summed E-state index contributed by atoms with van der Waals surface area (Å²) < 4.78 is 0. The molecular formula is C6H10O2. The van der Waals surface area contributed by atoms with Gasteiger partial charge < -0.3 is 10.2 Å². The average molecular weight is 114 g/mol. The first kappa shape index (κ1) is 5.63. The number of aliphatic hydroxyl groups is 2. The van der Waals surface area contributed by atoms with E-state index in [9.17, 15) is 0 Å². The Morgan fingerprint density at radius 2 is 2.38 bits per heavy atom. The molecule has 0 spiro atoms. The summed E-state index contributed by atoms with van der Waals surface area (Å²) in [5.41, 5.74) is 0. The maximum absolute atomic E-state index is 8.96. The zero-order chi connectivity index (χ0) is 6.15. The Morgan fingerprint density at radius 1 is 1.75 bits per heavy atom. The third-order valence-electron chi connectivity index (χ3n) is 1.48. The summed E-state index contributed by atoms with van der Waals surface area (Å²) in [6, 6.07) is 0. The van der Waals surface area contributed by atoms with E-state index in [1.54, 1.807) is 6.08 Å². The highest BCUT2D eigenvalue weighted by atomic mass is 16.3. The number of hydrogen-bond acceptors (Lipinski definition) is 2. The molecule has 0 aromatic rings. The minimum absolute atomic E-state index is 0.134. The van der Waals surface area contributed by atoms with Crippen LogP contribution < -0.4 is 0 Å². The molecule has 2 nitrogen and oxygen atoms in total. The van der Waals surface area contributed by atoms with Crippen LogP contribution in [-0.2, 0) is 0 Å². The van der Waals surface area contributed by atoms with Crippen molar-refractivity contribution in [2.24, 2.45) is 5.92 Å². The first-order chi connectivity index (χ1) is 3.70. The fourth-order valence-electron chi connectivity index (χ4n) is 0.883.